The molecule has 0 aromatic heterocycles. The average molecular weight is 286 g/mol. The lowest BCUT2D eigenvalue weighted by Gasteiger charge is -2.35. The molecule has 0 aliphatic carbocycles. The number of sulfonamides is 1. The summed E-state index contributed by atoms with van der Waals surface area (Å²) in [4.78, 5) is 10.9. The molecule has 1 aliphatic rings. The van der Waals surface area contributed by atoms with Crippen LogP contribution >= 0.6 is 0 Å². The van der Waals surface area contributed by atoms with E-state index in [-0.39, 0.29) is 17.9 Å². The predicted octanol–water partition coefficient (Wildman–Crippen LogP) is 0.119. The Morgan fingerprint density at radius 2 is 1.89 bits per heavy atom. The summed E-state index contributed by atoms with van der Waals surface area (Å²) in [5.41, 5.74) is 0. The summed E-state index contributed by atoms with van der Waals surface area (Å²) in [7, 11) is -3.93. The van der Waals surface area contributed by atoms with Crippen LogP contribution in [0.3, 0.4) is 0 Å². The van der Waals surface area contributed by atoms with Gasteiger partial charge in [0.1, 0.15) is 5.82 Å². The van der Waals surface area contributed by atoms with Crippen molar-refractivity contribution in [3.05, 3.63) is 30.1 Å². The van der Waals surface area contributed by atoms with E-state index in [9.17, 15) is 22.7 Å². The van der Waals surface area contributed by atoms with E-state index in [2.05, 4.69) is 0 Å². The number of aliphatic carboxylic acids is 1. The minimum absolute atomic E-state index is 0.109. The van der Waals surface area contributed by atoms with Crippen LogP contribution in [0, 0.1) is 5.82 Å². The van der Waals surface area contributed by atoms with E-state index < -0.39 is 27.9 Å². The molecule has 19 heavy (non-hydrogen) atoms. The van der Waals surface area contributed by atoms with Crippen LogP contribution in [0.2, 0.25) is 0 Å². The van der Waals surface area contributed by atoms with Crippen molar-refractivity contribution in [3.8, 4) is 0 Å². The molecule has 5 nitrogen and oxygen atoms in total. The zero-order chi connectivity index (χ0) is 14.0. The second kappa shape index (κ2) is 5.26. The van der Waals surface area contributed by atoms with Gasteiger partial charge in [-0.2, -0.15) is 4.31 Å². The minimum Gasteiger partial charge on any atom is -0.548 e. The maximum absolute atomic E-state index is 12.8. The molecule has 0 spiro atoms. The quantitative estimate of drug-likeness (QED) is 0.790. The number of carboxylic acids is 1. The highest BCUT2D eigenvalue weighted by Gasteiger charge is 2.34. The summed E-state index contributed by atoms with van der Waals surface area (Å²) < 4.78 is 38.4. The molecule has 0 unspecified atom stereocenters. The molecule has 1 fully saturated rings. The second-order valence-electron chi connectivity index (χ2n) is 4.40. The van der Waals surface area contributed by atoms with E-state index in [0.717, 1.165) is 28.6 Å². The van der Waals surface area contributed by atoms with Gasteiger partial charge in [0.2, 0.25) is 10.0 Å². The molecule has 2 rings (SSSR count). The van der Waals surface area contributed by atoms with Gasteiger partial charge in [0, 0.05) is 6.54 Å². The zero-order valence-corrected chi connectivity index (χ0v) is 10.9. The van der Waals surface area contributed by atoms with Gasteiger partial charge in [-0.15, -0.1) is 0 Å². The number of piperidine rings is 1. The first-order valence-electron chi connectivity index (χ1n) is 5.91. The molecule has 0 radical (unpaired) electrons. The number of carboxylic acid groups (broad SMARTS) is 1. The number of hydrogen-bond acceptors (Lipinski definition) is 4. The number of benzene rings is 1. The predicted molar refractivity (Wildman–Crippen MR) is 62.9 cm³/mol. The molecule has 1 atom stereocenters. The third-order valence-corrected chi connectivity index (χ3v) is 5.07. The van der Waals surface area contributed by atoms with E-state index >= 15 is 0 Å². The molecular formula is C12H13FNO4S-. The highest BCUT2D eigenvalue weighted by molar-refractivity contribution is 7.89. The summed E-state index contributed by atoms with van der Waals surface area (Å²) in [5, 5.41) is 11.0. The van der Waals surface area contributed by atoms with Gasteiger partial charge in [0.05, 0.1) is 16.9 Å². The lowest BCUT2D eigenvalue weighted by molar-refractivity contribution is -0.311. The number of carbonyl (C=O) groups excluding carboxylic acids is 1. The Bertz CT molecular complexity index is 570. The van der Waals surface area contributed by atoms with Crippen molar-refractivity contribution in [2.24, 2.45) is 0 Å². The van der Waals surface area contributed by atoms with Crippen LogP contribution in [0.25, 0.3) is 0 Å². The third-order valence-electron chi connectivity index (χ3n) is 3.15. The Hall–Kier alpha value is -1.47. The average Bonchev–Trinajstić information content (AvgIpc) is 2.39. The Balaban J connectivity index is 2.37. The monoisotopic (exact) mass is 286 g/mol. The molecular weight excluding hydrogens is 273 g/mol. The molecule has 1 aliphatic heterocycles. The van der Waals surface area contributed by atoms with E-state index in [0.29, 0.717) is 12.8 Å². The number of hydrogen-bond donors (Lipinski definition) is 0. The van der Waals surface area contributed by atoms with Gasteiger partial charge < -0.3 is 9.90 Å². The van der Waals surface area contributed by atoms with Crippen molar-refractivity contribution in [1.29, 1.82) is 0 Å². The molecule has 0 amide bonds. The normalized spacial score (nSPS) is 21.2. The van der Waals surface area contributed by atoms with Crippen molar-refractivity contribution >= 4 is 16.0 Å². The van der Waals surface area contributed by atoms with Crippen LogP contribution in [0.1, 0.15) is 19.3 Å². The van der Waals surface area contributed by atoms with Crippen LogP contribution < -0.4 is 5.11 Å². The van der Waals surface area contributed by atoms with Gasteiger partial charge >= 0.3 is 0 Å². The lowest BCUT2D eigenvalue weighted by Crippen LogP contribution is -2.52. The number of rotatable bonds is 3. The third kappa shape index (κ3) is 2.76. The Kier molecular flexibility index (Phi) is 3.86. The Labute approximate surface area is 110 Å². The molecule has 0 bridgehead atoms. The Morgan fingerprint density at radius 3 is 2.47 bits per heavy atom. The SMILES string of the molecule is O=C([O-])[C@@H]1CCCCN1S(=O)(=O)c1ccc(F)cc1. The van der Waals surface area contributed by atoms with Crippen molar-refractivity contribution in [2.45, 2.75) is 30.2 Å². The molecule has 1 aromatic rings. The fourth-order valence-electron chi connectivity index (χ4n) is 2.17. The summed E-state index contributed by atoms with van der Waals surface area (Å²) in [6.07, 6.45) is 1.49. The van der Waals surface area contributed by atoms with Crippen LogP contribution in [0.15, 0.2) is 29.2 Å². The van der Waals surface area contributed by atoms with Crippen molar-refractivity contribution in [1.82, 2.24) is 4.31 Å². The molecule has 1 heterocycles. The maximum atomic E-state index is 12.8. The van der Waals surface area contributed by atoms with E-state index in [1.165, 1.54) is 0 Å². The van der Waals surface area contributed by atoms with Crippen LogP contribution in [-0.2, 0) is 14.8 Å². The van der Waals surface area contributed by atoms with Crippen LogP contribution in [-0.4, -0.2) is 31.3 Å². The number of halogens is 1. The lowest BCUT2D eigenvalue weighted by atomic mass is 10.1. The molecule has 1 saturated heterocycles. The van der Waals surface area contributed by atoms with Crippen LogP contribution in [0.4, 0.5) is 4.39 Å². The first-order valence-corrected chi connectivity index (χ1v) is 7.35. The first-order chi connectivity index (χ1) is 8.93. The summed E-state index contributed by atoms with van der Waals surface area (Å²) in [5.74, 6) is -1.94. The van der Waals surface area contributed by atoms with Crippen molar-refractivity contribution in [2.75, 3.05) is 6.54 Å². The largest absolute Gasteiger partial charge is 0.548 e. The van der Waals surface area contributed by atoms with E-state index in [1.807, 2.05) is 0 Å². The summed E-state index contributed by atoms with van der Waals surface area (Å²) >= 11 is 0. The molecule has 0 saturated carbocycles. The summed E-state index contributed by atoms with van der Waals surface area (Å²) in [6.45, 7) is 0.137. The van der Waals surface area contributed by atoms with Crippen molar-refractivity contribution < 1.29 is 22.7 Å². The highest BCUT2D eigenvalue weighted by atomic mass is 32.2. The van der Waals surface area contributed by atoms with Gasteiger partial charge in [-0.05, 0) is 37.1 Å². The van der Waals surface area contributed by atoms with Gasteiger partial charge in [-0.3, -0.25) is 0 Å². The van der Waals surface area contributed by atoms with Gasteiger partial charge in [-0.25, -0.2) is 12.8 Å². The topological polar surface area (TPSA) is 77.5 Å². The van der Waals surface area contributed by atoms with Gasteiger partial charge in [0.15, 0.2) is 0 Å². The fraction of sp³-hybridized carbons (Fsp3) is 0.417. The molecule has 104 valence electrons. The fourth-order valence-corrected chi connectivity index (χ4v) is 3.82. The van der Waals surface area contributed by atoms with E-state index in [4.69, 9.17) is 0 Å². The second-order valence-corrected chi connectivity index (χ2v) is 6.29. The highest BCUT2D eigenvalue weighted by Crippen LogP contribution is 2.25. The number of nitrogens with zero attached hydrogens (tertiary/aromatic N) is 1. The molecule has 1 aromatic carbocycles. The minimum atomic E-state index is -3.93. The molecule has 7 heteroatoms. The Morgan fingerprint density at radius 1 is 1.26 bits per heavy atom. The summed E-state index contributed by atoms with van der Waals surface area (Å²) in [6, 6.07) is 3.18. The smallest absolute Gasteiger partial charge is 0.243 e. The van der Waals surface area contributed by atoms with Gasteiger partial charge in [0.25, 0.3) is 0 Å². The number of carbonyl (C=O) groups is 1. The van der Waals surface area contributed by atoms with Crippen molar-refractivity contribution in [3.63, 3.8) is 0 Å². The van der Waals surface area contributed by atoms with E-state index in [1.54, 1.807) is 0 Å². The molecule has 0 N–H and O–H groups in total. The van der Waals surface area contributed by atoms with Gasteiger partial charge in [-0.1, -0.05) is 6.42 Å². The zero-order valence-electron chi connectivity index (χ0n) is 10.1. The maximum Gasteiger partial charge on any atom is 0.243 e. The first kappa shape index (κ1) is 14.0. The van der Waals surface area contributed by atoms with Crippen LogP contribution in [0.5, 0.6) is 0 Å². The standard InChI is InChI=1S/C12H14FNO4S/c13-9-4-6-10(7-5-9)19(17,18)14-8-2-1-3-11(14)12(15)16/h4-7,11H,1-3,8H2,(H,15,16)/p-1/t11-/m0/s1.